The van der Waals surface area contributed by atoms with Crippen molar-refractivity contribution in [3.05, 3.63) is 54.1 Å². The highest BCUT2D eigenvalue weighted by Crippen LogP contribution is 2.31. The standard InChI is InChI=1S/C23H28N2O3/c1-16-6-5-13-25(14-16)19-11-9-18(10-12-19)17(2)24-23(26)22-15-27-20-7-3-4-8-21(20)28-22/h3-4,7-12,16-17,22H,5-6,13-15H2,1-2H3,(H,24,26)/t16-,17-,22-/m1/s1. The second-order valence-corrected chi connectivity index (χ2v) is 7.88. The number of amides is 1. The van der Waals surface area contributed by atoms with Gasteiger partial charge in [0.25, 0.3) is 5.91 Å². The van der Waals surface area contributed by atoms with E-state index in [9.17, 15) is 4.79 Å². The topological polar surface area (TPSA) is 50.8 Å². The average molecular weight is 380 g/mol. The van der Waals surface area contributed by atoms with Gasteiger partial charge in [-0.1, -0.05) is 31.2 Å². The van der Waals surface area contributed by atoms with E-state index in [2.05, 4.69) is 41.4 Å². The van der Waals surface area contributed by atoms with Gasteiger partial charge in [0, 0.05) is 18.8 Å². The fourth-order valence-corrected chi connectivity index (χ4v) is 3.94. The van der Waals surface area contributed by atoms with Gasteiger partial charge in [-0.3, -0.25) is 4.79 Å². The largest absolute Gasteiger partial charge is 0.485 e. The van der Waals surface area contributed by atoms with E-state index in [0.717, 1.165) is 24.6 Å². The average Bonchev–Trinajstić information content (AvgIpc) is 2.73. The fraction of sp³-hybridized carbons (Fsp3) is 0.435. The maximum Gasteiger partial charge on any atom is 0.265 e. The minimum absolute atomic E-state index is 0.0948. The highest BCUT2D eigenvalue weighted by molar-refractivity contribution is 5.82. The Bertz CT molecular complexity index is 821. The van der Waals surface area contributed by atoms with Gasteiger partial charge in [0.15, 0.2) is 11.5 Å². The molecule has 2 aliphatic heterocycles. The van der Waals surface area contributed by atoms with Crippen LogP contribution in [0.3, 0.4) is 0 Å². The predicted octanol–water partition coefficient (Wildman–Crippen LogP) is 3.94. The number of ether oxygens (including phenoxy) is 2. The number of carbonyl (C=O) groups is 1. The van der Waals surface area contributed by atoms with Crippen LogP contribution in [0.15, 0.2) is 48.5 Å². The maximum absolute atomic E-state index is 12.6. The zero-order chi connectivity index (χ0) is 19.5. The molecular weight excluding hydrogens is 352 g/mol. The van der Waals surface area contributed by atoms with Crippen LogP contribution in [0.1, 0.15) is 38.3 Å². The molecule has 1 N–H and O–H groups in total. The van der Waals surface area contributed by atoms with Gasteiger partial charge in [-0.25, -0.2) is 0 Å². The number of carbonyl (C=O) groups excluding carboxylic acids is 1. The molecule has 1 fully saturated rings. The van der Waals surface area contributed by atoms with E-state index in [1.54, 1.807) is 0 Å². The molecule has 2 aromatic carbocycles. The summed E-state index contributed by atoms with van der Waals surface area (Å²) < 4.78 is 11.4. The number of benzene rings is 2. The zero-order valence-electron chi connectivity index (χ0n) is 16.6. The van der Waals surface area contributed by atoms with Crippen LogP contribution in [0.4, 0.5) is 5.69 Å². The normalized spacial score (nSPS) is 22.4. The van der Waals surface area contributed by atoms with Crippen molar-refractivity contribution in [3.63, 3.8) is 0 Å². The lowest BCUT2D eigenvalue weighted by Gasteiger charge is -2.33. The summed E-state index contributed by atoms with van der Waals surface area (Å²) in [5.74, 6) is 1.88. The Labute approximate surface area is 166 Å². The van der Waals surface area contributed by atoms with Crippen LogP contribution in [-0.4, -0.2) is 31.7 Å². The molecule has 0 bridgehead atoms. The Morgan fingerprint density at radius 3 is 2.64 bits per heavy atom. The summed E-state index contributed by atoms with van der Waals surface area (Å²) in [7, 11) is 0. The predicted molar refractivity (Wildman–Crippen MR) is 110 cm³/mol. The molecule has 0 saturated carbocycles. The molecule has 0 aliphatic carbocycles. The van der Waals surface area contributed by atoms with Crippen LogP contribution in [0.2, 0.25) is 0 Å². The quantitative estimate of drug-likeness (QED) is 0.873. The van der Waals surface area contributed by atoms with Crippen molar-refractivity contribution in [1.29, 1.82) is 0 Å². The number of nitrogens with zero attached hydrogens (tertiary/aromatic N) is 1. The first-order chi connectivity index (χ1) is 13.6. The molecule has 0 radical (unpaired) electrons. The summed E-state index contributed by atoms with van der Waals surface area (Å²) in [4.78, 5) is 15.1. The van der Waals surface area contributed by atoms with Crippen LogP contribution in [0, 0.1) is 5.92 Å². The van der Waals surface area contributed by atoms with Gasteiger partial charge in [-0.05, 0) is 55.5 Å². The zero-order valence-corrected chi connectivity index (χ0v) is 16.6. The molecule has 0 aromatic heterocycles. The molecule has 2 aliphatic rings. The summed E-state index contributed by atoms with van der Waals surface area (Å²) in [6, 6.07) is 15.9. The van der Waals surface area contributed by atoms with Crippen LogP contribution < -0.4 is 19.7 Å². The SMILES string of the molecule is C[C@@H]1CCCN(c2ccc([C@@H](C)NC(=O)[C@H]3COc4ccccc4O3)cc2)C1. The second kappa shape index (κ2) is 8.13. The number of para-hydroxylation sites is 2. The Morgan fingerprint density at radius 2 is 1.89 bits per heavy atom. The molecule has 4 rings (SSSR count). The number of fused-ring (bicyclic) bond motifs is 1. The number of nitrogens with one attached hydrogen (secondary N) is 1. The van der Waals surface area contributed by atoms with Crippen LogP contribution in [0.25, 0.3) is 0 Å². The minimum atomic E-state index is -0.633. The van der Waals surface area contributed by atoms with Crippen LogP contribution in [-0.2, 0) is 4.79 Å². The Morgan fingerprint density at radius 1 is 1.14 bits per heavy atom. The van der Waals surface area contributed by atoms with Crippen LogP contribution >= 0.6 is 0 Å². The molecule has 5 heteroatoms. The molecule has 3 atom stereocenters. The number of rotatable bonds is 4. The van der Waals surface area contributed by atoms with Crippen molar-refractivity contribution >= 4 is 11.6 Å². The Balaban J connectivity index is 1.36. The lowest BCUT2D eigenvalue weighted by atomic mass is 9.99. The van der Waals surface area contributed by atoms with Gasteiger partial charge < -0.3 is 19.7 Å². The third kappa shape index (κ3) is 4.08. The monoisotopic (exact) mass is 380 g/mol. The molecule has 1 amide bonds. The number of hydrogen-bond acceptors (Lipinski definition) is 4. The molecule has 28 heavy (non-hydrogen) atoms. The van der Waals surface area contributed by atoms with Crippen LogP contribution in [0.5, 0.6) is 11.5 Å². The van der Waals surface area contributed by atoms with Crippen molar-refractivity contribution in [2.75, 3.05) is 24.6 Å². The van der Waals surface area contributed by atoms with Crippen molar-refractivity contribution < 1.29 is 14.3 Å². The van der Waals surface area contributed by atoms with Gasteiger partial charge in [-0.15, -0.1) is 0 Å². The first-order valence-electron chi connectivity index (χ1n) is 10.1. The summed E-state index contributed by atoms with van der Waals surface area (Å²) in [6.45, 7) is 6.77. The van der Waals surface area contributed by atoms with Gasteiger partial charge in [0.05, 0.1) is 6.04 Å². The summed E-state index contributed by atoms with van der Waals surface area (Å²) in [6.07, 6.45) is 1.93. The molecule has 5 nitrogen and oxygen atoms in total. The van der Waals surface area contributed by atoms with E-state index in [-0.39, 0.29) is 18.6 Å². The van der Waals surface area contributed by atoms with E-state index in [1.807, 2.05) is 31.2 Å². The molecule has 1 saturated heterocycles. The van der Waals surface area contributed by atoms with Crippen molar-refractivity contribution in [3.8, 4) is 11.5 Å². The number of piperidine rings is 1. The van der Waals surface area contributed by atoms with Crippen molar-refractivity contribution in [2.24, 2.45) is 5.92 Å². The number of anilines is 1. The van der Waals surface area contributed by atoms with E-state index < -0.39 is 6.10 Å². The minimum Gasteiger partial charge on any atom is -0.485 e. The maximum atomic E-state index is 12.6. The molecule has 2 aromatic rings. The summed E-state index contributed by atoms with van der Waals surface area (Å²) in [5, 5.41) is 3.05. The van der Waals surface area contributed by atoms with E-state index in [0.29, 0.717) is 11.5 Å². The van der Waals surface area contributed by atoms with E-state index in [4.69, 9.17) is 9.47 Å². The summed E-state index contributed by atoms with van der Waals surface area (Å²) in [5.41, 5.74) is 2.34. The van der Waals surface area contributed by atoms with Gasteiger partial charge in [-0.2, -0.15) is 0 Å². The second-order valence-electron chi connectivity index (χ2n) is 7.88. The highest BCUT2D eigenvalue weighted by Gasteiger charge is 2.28. The lowest BCUT2D eigenvalue weighted by molar-refractivity contribution is -0.131. The van der Waals surface area contributed by atoms with Gasteiger partial charge in [0.1, 0.15) is 6.61 Å². The molecule has 148 valence electrons. The Kier molecular flexibility index (Phi) is 5.42. The van der Waals surface area contributed by atoms with Crippen molar-refractivity contribution in [2.45, 2.75) is 38.8 Å². The molecular formula is C23H28N2O3. The van der Waals surface area contributed by atoms with Crippen molar-refractivity contribution in [1.82, 2.24) is 5.32 Å². The van der Waals surface area contributed by atoms with Gasteiger partial charge >= 0.3 is 0 Å². The van der Waals surface area contributed by atoms with E-state index >= 15 is 0 Å². The smallest absolute Gasteiger partial charge is 0.265 e. The number of hydrogen-bond donors (Lipinski definition) is 1. The van der Waals surface area contributed by atoms with Gasteiger partial charge in [0.2, 0.25) is 6.10 Å². The highest BCUT2D eigenvalue weighted by atomic mass is 16.6. The fourth-order valence-electron chi connectivity index (χ4n) is 3.94. The Hall–Kier alpha value is -2.69. The third-order valence-corrected chi connectivity index (χ3v) is 5.58. The first kappa shape index (κ1) is 18.7. The lowest BCUT2D eigenvalue weighted by Crippen LogP contribution is -2.44. The third-order valence-electron chi connectivity index (χ3n) is 5.58. The van der Waals surface area contributed by atoms with E-state index in [1.165, 1.54) is 18.5 Å². The summed E-state index contributed by atoms with van der Waals surface area (Å²) >= 11 is 0. The molecule has 0 spiro atoms. The first-order valence-corrected chi connectivity index (χ1v) is 10.1. The molecule has 0 unspecified atom stereocenters. The molecule has 2 heterocycles.